The fourth-order valence-electron chi connectivity index (χ4n) is 5.74. The lowest BCUT2D eigenvalue weighted by molar-refractivity contribution is -0.140. The molecule has 2 aliphatic carbocycles. The minimum absolute atomic E-state index is 0.0169. The molecule has 0 saturated heterocycles. The number of aliphatic hydroxyl groups excluding tert-OH is 2. The molecule has 2 saturated carbocycles. The van der Waals surface area contributed by atoms with E-state index in [4.69, 9.17) is 11.6 Å². The van der Waals surface area contributed by atoms with E-state index in [1.54, 1.807) is 0 Å². The van der Waals surface area contributed by atoms with Crippen molar-refractivity contribution in [1.29, 1.82) is 0 Å². The first-order valence-corrected chi connectivity index (χ1v) is 12.7. The molecule has 0 aromatic heterocycles. The van der Waals surface area contributed by atoms with Gasteiger partial charge < -0.3 is 14.9 Å². The first-order valence-electron chi connectivity index (χ1n) is 12.2. The van der Waals surface area contributed by atoms with Crippen LogP contribution in [0.1, 0.15) is 94.3 Å². The van der Waals surface area contributed by atoms with Crippen molar-refractivity contribution in [3.05, 3.63) is 47.5 Å². The highest BCUT2D eigenvalue weighted by molar-refractivity contribution is 6.21. The Labute approximate surface area is 198 Å². The summed E-state index contributed by atoms with van der Waals surface area (Å²) in [4.78, 5) is 11.2. The van der Waals surface area contributed by atoms with Gasteiger partial charge in [0.2, 0.25) is 0 Å². The van der Waals surface area contributed by atoms with Crippen LogP contribution in [-0.4, -0.2) is 34.8 Å². The van der Waals surface area contributed by atoms with Crippen LogP contribution in [0.2, 0.25) is 0 Å². The third-order valence-corrected chi connectivity index (χ3v) is 8.15. The Morgan fingerprint density at radius 1 is 1.34 bits per heavy atom. The number of carbonyl (C=O) groups is 1. The largest absolute Gasteiger partial charge is 0.469 e. The Hall–Kier alpha value is -1.36. The van der Waals surface area contributed by atoms with Crippen LogP contribution in [0.4, 0.5) is 0 Å². The summed E-state index contributed by atoms with van der Waals surface area (Å²) in [7, 11) is 1.41. The molecule has 0 amide bonds. The Bertz CT molecular complexity index is 773. The molecule has 0 spiro atoms. The number of hydrogen-bond donors (Lipinski definition) is 2. The number of esters is 1. The Morgan fingerprint density at radius 2 is 2.12 bits per heavy atom. The summed E-state index contributed by atoms with van der Waals surface area (Å²) < 4.78 is 4.67. The maximum Gasteiger partial charge on any atom is 0.305 e. The number of alkyl halides is 1. The number of benzene rings is 1. The maximum atomic E-state index is 11.2. The summed E-state index contributed by atoms with van der Waals surface area (Å²) >= 11 is 6.66. The molecule has 2 aliphatic rings. The van der Waals surface area contributed by atoms with Crippen molar-refractivity contribution in [3.63, 3.8) is 0 Å². The zero-order valence-electron chi connectivity index (χ0n) is 19.5. The third kappa shape index (κ3) is 5.76. The molecular formula is C27H39ClO4. The smallest absolute Gasteiger partial charge is 0.305 e. The van der Waals surface area contributed by atoms with E-state index in [9.17, 15) is 15.0 Å². The van der Waals surface area contributed by atoms with E-state index in [-0.39, 0.29) is 28.6 Å². The van der Waals surface area contributed by atoms with E-state index < -0.39 is 12.2 Å². The number of rotatable bonds is 11. The predicted octanol–water partition coefficient (Wildman–Crippen LogP) is 6.05. The van der Waals surface area contributed by atoms with E-state index in [2.05, 4.69) is 35.9 Å². The van der Waals surface area contributed by atoms with Crippen LogP contribution in [0, 0.1) is 11.3 Å². The SMILES string of the molecule is CCCC1(C(O)c2cccc([C@H]3[C@@H](C/C=C\CCCC(=O)OC)[C@H](Cl)C[C@H]3O)c2)CCC1. The van der Waals surface area contributed by atoms with Crippen LogP contribution in [-0.2, 0) is 9.53 Å². The molecule has 5 atom stereocenters. The number of unbranched alkanes of at least 4 members (excludes halogenated alkanes) is 1. The maximum absolute atomic E-state index is 11.2. The van der Waals surface area contributed by atoms with Crippen LogP contribution >= 0.6 is 11.6 Å². The molecule has 1 aromatic carbocycles. The molecule has 4 nitrogen and oxygen atoms in total. The lowest BCUT2D eigenvalue weighted by Crippen LogP contribution is -2.36. The second-order valence-corrected chi connectivity index (χ2v) is 10.3. The van der Waals surface area contributed by atoms with Gasteiger partial charge in [-0.2, -0.15) is 0 Å². The molecule has 5 heteroatoms. The molecule has 0 bridgehead atoms. The molecule has 1 aromatic rings. The van der Waals surface area contributed by atoms with Gasteiger partial charge in [0.1, 0.15) is 0 Å². The van der Waals surface area contributed by atoms with Gasteiger partial charge in [-0.1, -0.05) is 56.2 Å². The minimum atomic E-state index is -0.476. The number of methoxy groups -OCH3 is 1. The van der Waals surface area contributed by atoms with E-state index >= 15 is 0 Å². The number of allylic oxidation sites excluding steroid dienone is 2. The summed E-state index contributed by atoms with van der Waals surface area (Å²) in [6.07, 6.45) is 12.2. The van der Waals surface area contributed by atoms with E-state index in [0.29, 0.717) is 12.8 Å². The van der Waals surface area contributed by atoms with Crippen LogP contribution < -0.4 is 0 Å². The number of hydrogen-bond acceptors (Lipinski definition) is 4. The molecule has 1 unspecified atom stereocenters. The normalized spacial score (nSPS) is 27.9. The number of aliphatic hydroxyl groups is 2. The highest BCUT2D eigenvalue weighted by Gasteiger charge is 2.44. The summed E-state index contributed by atoms with van der Waals surface area (Å²) in [5.41, 5.74) is 2.06. The number of ether oxygens (including phenoxy) is 1. The quantitative estimate of drug-likeness (QED) is 0.182. The predicted molar refractivity (Wildman–Crippen MR) is 129 cm³/mol. The van der Waals surface area contributed by atoms with Crippen molar-refractivity contribution < 1.29 is 19.7 Å². The number of halogens is 1. The molecule has 178 valence electrons. The zero-order valence-corrected chi connectivity index (χ0v) is 20.3. The summed E-state index contributed by atoms with van der Waals surface area (Å²) in [6, 6.07) is 8.22. The van der Waals surface area contributed by atoms with Crippen LogP contribution in [0.25, 0.3) is 0 Å². The molecule has 2 fully saturated rings. The van der Waals surface area contributed by atoms with Gasteiger partial charge in [-0.25, -0.2) is 0 Å². The van der Waals surface area contributed by atoms with E-state index in [0.717, 1.165) is 56.1 Å². The van der Waals surface area contributed by atoms with Crippen LogP contribution in [0.5, 0.6) is 0 Å². The summed E-state index contributed by atoms with van der Waals surface area (Å²) in [5, 5.41) is 22.0. The molecular weight excluding hydrogens is 424 g/mol. The summed E-state index contributed by atoms with van der Waals surface area (Å²) in [6.45, 7) is 2.19. The highest BCUT2D eigenvalue weighted by Crippen LogP contribution is 2.54. The molecule has 0 radical (unpaired) electrons. The topological polar surface area (TPSA) is 66.8 Å². The van der Waals surface area contributed by atoms with Crippen molar-refractivity contribution in [2.24, 2.45) is 11.3 Å². The Kier molecular flexibility index (Phi) is 9.22. The van der Waals surface area contributed by atoms with Gasteiger partial charge in [0.25, 0.3) is 0 Å². The van der Waals surface area contributed by atoms with Gasteiger partial charge >= 0.3 is 5.97 Å². The monoisotopic (exact) mass is 462 g/mol. The molecule has 0 aliphatic heterocycles. The first-order chi connectivity index (χ1) is 15.4. The van der Waals surface area contributed by atoms with Gasteiger partial charge in [0.15, 0.2) is 0 Å². The Balaban J connectivity index is 1.68. The lowest BCUT2D eigenvalue weighted by Gasteiger charge is -2.46. The van der Waals surface area contributed by atoms with Crippen molar-refractivity contribution in [1.82, 2.24) is 0 Å². The average Bonchev–Trinajstić information content (AvgIpc) is 3.05. The standard InChI is InChI=1S/C27H39ClO4/c1-3-14-27(15-9-16-27)26(31)20-11-8-10-19(17-20)25-21(22(28)18-23(25)29)12-6-4-5-7-13-24(30)32-2/h4,6,8,10-11,17,21-23,25-26,29,31H,3,5,7,9,12-16,18H2,1-2H3/b6-4-/t21-,22+,23+,25-,26?/m0/s1. The van der Waals surface area contributed by atoms with E-state index in [1.165, 1.54) is 13.5 Å². The Morgan fingerprint density at radius 3 is 2.78 bits per heavy atom. The second-order valence-electron chi connectivity index (χ2n) is 9.72. The highest BCUT2D eigenvalue weighted by atomic mass is 35.5. The average molecular weight is 463 g/mol. The van der Waals surface area contributed by atoms with E-state index in [1.807, 2.05) is 12.1 Å². The zero-order chi connectivity index (χ0) is 23.1. The fourth-order valence-corrected chi connectivity index (χ4v) is 6.18. The van der Waals surface area contributed by atoms with Crippen molar-refractivity contribution in [2.45, 2.75) is 94.6 Å². The first kappa shape index (κ1) is 25.3. The number of carbonyl (C=O) groups excluding carboxylic acids is 1. The minimum Gasteiger partial charge on any atom is -0.469 e. The fraction of sp³-hybridized carbons (Fsp3) is 0.667. The molecule has 0 heterocycles. The third-order valence-electron chi connectivity index (χ3n) is 7.65. The van der Waals surface area contributed by atoms with Crippen molar-refractivity contribution in [2.75, 3.05) is 7.11 Å². The lowest BCUT2D eigenvalue weighted by atomic mass is 9.61. The molecule has 2 N–H and O–H groups in total. The van der Waals surface area contributed by atoms with Crippen LogP contribution in [0.15, 0.2) is 36.4 Å². The van der Waals surface area contributed by atoms with Gasteiger partial charge in [-0.05, 0) is 62.0 Å². The molecule has 32 heavy (non-hydrogen) atoms. The van der Waals surface area contributed by atoms with Crippen LogP contribution in [0.3, 0.4) is 0 Å². The van der Waals surface area contributed by atoms with Gasteiger partial charge in [-0.15, -0.1) is 11.6 Å². The van der Waals surface area contributed by atoms with Gasteiger partial charge in [-0.3, -0.25) is 4.79 Å². The van der Waals surface area contributed by atoms with Crippen molar-refractivity contribution >= 4 is 17.6 Å². The summed E-state index contributed by atoms with van der Waals surface area (Å²) in [5.74, 6) is -0.0694. The molecule has 3 rings (SSSR count). The van der Waals surface area contributed by atoms with Gasteiger partial charge in [0.05, 0.1) is 19.3 Å². The van der Waals surface area contributed by atoms with Crippen molar-refractivity contribution in [3.8, 4) is 0 Å². The van der Waals surface area contributed by atoms with Gasteiger partial charge in [0, 0.05) is 23.1 Å². The second kappa shape index (κ2) is 11.7.